The van der Waals surface area contributed by atoms with Crippen LogP contribution in [0, 0.1) is 11.3 Å². The van der Waals surface area contributed by atoms with Crippen LogP contribution in [0.5, 0.6) is 0 Å². The fourth-order valence-corrected chi connectivity index (χ4v) is 3.24. The highest BCUT2D eigenvalue weighted by atomic mass is 79.9. The summed E-state index contributed by atoms with van der Waals surface area (Å²) in [5, 5.41) is 12.7. The van der Waals surface area contributed by atoms with Crippen LogP contribution in [0.2, 0.25) is 10.0 Å². The Morgan fingerprint density at radius 1 is 1.28 bits per heavy atom. The van der Waals surface area contributed by atoms with Gasteiger partial charge in [0.1, 0.15) is 17.6 Å². The molecule has 132 valence electrons. The maximum atomic E-state index is 12.9. The van der Waals surface area contributed by atoms with E-state index >= 15 is 0 Å². The molecule has 4 nitrogen and oxygen atoms in total. The van der Waals surface area contributed by atoms with Crippen LogP contribution in [-0.2, 0) is 6.18 Å². The smallest absolute Gasteiger partial charge is 0.383 e. The van der Waals surface area contributed by atoms with E-state index in [1.54, 1.807) is 6.92 Å². The topological polar surface area (TPSA) is 67.6 Å². The van der Waals surface area contributed by atoms with E-state index in [1.165, 1.54) is 0 Å². The van der Waals surface area contributed by atoms with Crippen molar-refractivity contribution in [1.82, 2.24) is 9.78 Å². The van der Waals surface area contributed by atoms with Gasteiger partial charge in [0.05, 0.1) is 21.2 Å². The zero-order chi connectivity index (χ0) is 19.1. The Hall–Kier alpha value is -1.21. The van der Waals surface area contributed by atoms with Crippen LogP contribution in [0.3, 0.4) is 0 Å². The molecule has 0 spiro atoms. The number of halogens is 7. The summed E-state index contributed by atoms with van der Waals surface area (Å²) in [6.07, 6.45) is -4.61. The van der Waals surface area contributed by atoms with Crippen LogP contribution in [0.25, 0.3) is 10.2 Å². The van der Waals surface area contributed by atoms with E-state index in [0.29, 0.717) is 8.96 Å². The molecule has 0 aliphatic rings. The second-order valence-electron chi connectivity index (χ2n) is 4.77. The van der Waals surface area contributed by atoms with E-state index in [-0.39, 0.29) is 32.8 Å². The molecule has 0 aliphatic carbocycles. The van der Waals surface area contributed by atoms with Gasteiger partial charge in [0.15, 0.2) is 5.69 Å². The molecule has 11 heteroatoms. The fourth-order valence-electron chi connectivity index (χ4n) is 2.00. The number of anilines is 1. The number of nitrogens with zero attached hydrogens (tertiary/aromatic N) is 3. The number of rotatable bonds is 2. The van der Waals surface area contributed by atoms with Gasteiger partial charge in [-0.2, -0.15) is 23.5 Å². The van der Waals surface area contributed by atoms with Crippen molar-refractivity contribution >= 4 is 65.4 Å². The molecule has 0 unspecified atom stereocenters. The Kier molecular flexibility index (Phi) is 5.78. The van der Waals surface area contributed by atoms with Crippen LogP contribution in [0.1, 0.15) is 23.7 Å². The number of nitrogen functional groups attached to an aromatic ring is 1. The van der Waals surface area contributed by atoms with Gasteiger partial charge in [-0.25, -0.2) is 4.68 Å². The summed E-state index contributed by atoms with van der Waals surface area (Å²) in [4.78, 5) is 0. The van der Waals surface area contributed by atoms with Crippen LogP contribution < -0.4 is 5.73 Å². The van der Waals surface area contributed by atoms with E-state index in [9.17, 15) is 18.4 Å². The van der Waals surface area contributed by atoms with E-state index in [4.69, 9.17) is 28.9 Å². The van der Waals surface area contributed by atoms with Crippen molar-refractivity contribution in [3.8, 4) is 11.8 Å². The van der Waals surface area contributed by atoms with E-state index in [0.717, 1.165) is 16.8 Å². The Bertz CT molecular complexity index is 902. The first-order valence-corrected chi connectivity index (χ1v) is 8.70. The molecule has 0 bridgehead atoms. The molecule has 2 N–H and O–H groups in total. The lowest BCUT2D eigenvalue weighted by Crippen LogP contribution is -2.08. The van der Waals surface area contributed by atoms with Crippen molar-refractivity contribution in [2.45, 2.75) is 13.1 Å². The molecule has 2 rings (SSSR count). The average Bonchev–Trinajstić information content (AvgIpc) is 2.81. The molecule has 1 aromatic heterocycles. The third kappa shape index (κ3) is 3.82. The fraction of sp³-hybridized carbons (Fsp3) is 0.143. The summed E-state index contributed by atoms with van der Waals surface area (Å²) >= 11 is 18.5. The van der Waals surface area contributed by atoms with Gasteiger partial charge in [-0.15, -0.1) is 0 Å². The molecule has 1 aromatic carbocycles. The minimum atomic E-state index is -4.61. The van der Waals surface area contributed by atoms with Gasteiger partial charge >= 0.3 is 6.18 Å². The number of hydrogen-bond donors (Lipinski definition) is 1. The lowest BCUT2D eigenvalue weighted by molar-refractivity contribution is -0.137. The van der Waals surface area contributed by atoms with Crippen molar-refractivity contribution in [3.05, 3.63) is 43.5 Å². The largest absolute Gasteiger partial charge is 0.416 e. The summed E-state index contributed by atoms with van der Waals surface area (Å²) in [6.45, 7) is 1.71. The van der Waals surface area contributed by atoms with Gasteiger partial charge in [0, 0.05) is 8.96 Å². The van der Waals surface area contributed by atoms with Gasteiger partial charge in [0.25, 0.3) is 0 Å². The summed E-state index contributed by atoms with van der Waals surface area (Å²) in [5.41, 5.74) is 5.20. The average molecular weight is 519 g/mol. The molecule has 0 saturated carbocycles. The first-order chi connectivity index (χ1) is 11.5. The molecule has 25 heavy (non-hydrogen) atoms. The molecular weight excluding hydrogens is 512 g/mol. The highest BCUT2D eigenvalue weighted by Crippen LogP contribution is 2.40. The van der Waals surface area contributed by atoms with Crippen molar-refractivity contribution in [2.24, 2.45) is 0 Å². The summed E-state index contributed by atoms with van der Waals surface area (Å²) in [7, 11) is 0. The third-order valence-electron chi connectivity index (χ3n) is 3.10. The molecule has 0 amide bonds. The monoisotopic (exact) mass is 516 g/mol. The second kappa shape index (κ2) is 7.19. The van der Waals surface area contributed by atoms with E-state index < -0.39 is 11.7 Å². The van der Waals surface area contributed by atoms with Crippen LogP contribution >= 0.6 is 55.1 Å². The molecule has 0 aliphatic heterocycles. The second-order valence-corrected chi connectivity index (χ2v) is 7.56. The molecule has 0 radical (unpaired) electrons. The zero-order valence-electron chi connectivity index (χ0n) is 12.2. The normalized spacial score (nSPS) is 12.8. The van der Waals surface area contributed by atoms with Gasteiger partial charge in [0.2, 0.25) is 0 Å². The maximum absolute atomic E-state index is 12.9. The molecule has 0 saturated heterocycles. The van der Waals surface area contributed by atoms with Crippen molar-refractivity contribution in [2.75, 3.05) is 5.73 Å². The Labute approximate surface area is 167 Å². The molecule has 0 atom stereocenters. The number of alkyl halides is 3. The van der Waals surface area contributed by atoms with E-state index in [2.05, 4.69) is 37.0 Å². The predicted octanol–water partition coefficient (Wildman–Crippen LogP) is 6.13. The van der Waals surface area contributed by atoms with Crippen LogP contribution in [0.4, 0.5) is 19.0 Å². The van der Waals surface area contributed by atoms with Gasteiger partial charge in [-0.05, 0) is 35.0 Å². The number of allylic oxidation sites excluding steroid dienone is 1. The van der Waals surface area contributed by atoms with Crippen molar-refractivity contribution in [3.63, 3.8) is 0 Å². The van der Waals surface area contributed by atoms with Crippen molar-refractivity contribution < 1.29 is 13.2 Å². The number of hydrogen-bond acceptors (Lipinski definition) is 3. The van der Waals surface area contributed by atoms with Gasteiger partial charge in [-0.1, -0.05) is 39.1 Å². The van der Waals surface area contributed by atoms with E-state index in [1.807, 2.05) is 6.07 Å². The zero-order valence-corrected chi connectivity index (χ0v) is 16.9. The summed E-state index contributed by atoms with van der Waals surface area (Å²) < 4.78 is 40.7. The molecule has 2 aromatic rings. The molecule has 0 fully saturated rings. The first-order valence-electron chi connectivity index (χ1n) is 6.36. The standard InChI is InChI=1S/C14H7Br2Cl2F3N4/c1-5(15)11(16)10-9(4-22)24-25(13(10)23)12-7(17)2-6(3-8(12)18)14(19,20)21/h2-3H,23H2,1H3/b11-5+. The lowest BCUT2D eigenvalue weighted by Gasteiger charge is -2.13. The SMILES string of the molecule is C/C(Br)=C(\Br)c1c(C#N)nn(-c2c(Cl)cc(C(F)(F)F)cc2Cl)c1N. The quantitative estimate of drug-likeness (QED) is 0.520. The minimum Gasteiger partial charge on any atom is -0.383 e. The first kappa shape index (κ1) is 20.1. The molecule has 1 heterocycles. The number of aromatic nitrogens is 2. The maximum Gasteiger partial charge on any atom is 0.416 e. The Morgan fingerprint density at radius 2 is 1.80 bits per heavy atom. The lowest BCUT2D eigenvalue weighted by atomic mass is 10.2. The third-order valence-corrected chi connectivity index (χ3v) is 5.60. The number of nitriles is 1. The summed E-state index contributed by atoms with van der Waals surface area (Å²) in [6, 6.07) is 3.31. The molecular formula is C14H7Br2Cl2F3N4. The highest BCUT2D eigenvalue weighted by Gasteiger charge is 2.33. The Morgan fingerprint density at radius 3 is 2.20 bits per heavy atom. The van der Waals surface area contributed by atoms with Gasteiger partial charge < -0.3 is 5.73 Å². The summed E-state index contributed by atoms with van der Waals surface area (Å²) in [5.74, 6) is -0.00853. The Balaban J connectivity index is 2.78. The minimum absolute atomic E-state index is 0.00853. The van der Waals surface area contributed by atoms with Gasteiger partial charge in [-0.3, -0.25) is 0 Å². The number of nitrogens with two attached hydrogens (primary N) is 1. The highest BCUT2D eigenvalue weighted by molar-refractivity contribution is 9.16. The van der Waals surface area contributed by atoms with Crippen LogP contribution in [-0.4, -0.2) is 9.78 Å². The van der Waals surface area contributed by atoms with Crippen molar-refractivity contribution in [1.29, 1.82) is 5.26 Å². The predicted molar refractivity (Wildman–Crippen MR) is 98.2 cm³/mol. The number of benzene rings is 1. The van der Waals surface area contributed by atoms with Crippen LogP contribution in [0.15, 0.2) is 16.6 Å².